The SMILES string of the molecule is CNCCN(C(C)=O)c1ccc(N=C(c2ccc(CCC(=O)O)cc2)c2c(O)[nH]c3cc(Cl)ccc23)cc1. The van der Waals surface area contributed by atoms with Crippen LogP contribution in [0, 0.1) is 0 Å². The number of aliphatic carboxylic acids is 1. The van der Waals surface area contributed by atoms with Gasteiger partial charge in [-0.15, -0.1) is 0 Å². The van der Waals surface area contributed by atoms with Crippen LogP contribution in [0.4, 0.5) is 11.4 Å². The van der Waals surface area contributed by atoms with Crippen LogP contribution in [0.1, 0.15) is 30.0 Å². The number of carboxylic acid groups (broad SMARTS) is 1. The quantitative estimate of drug-likeness (QED) is 0.207. The average Bonchev–Trinajstić information content (AvgIpc) is 3.21. The van der Waals surface area contributed by atoms with Crippen molar-refractivity contribution in [3.63, 3.8) is 0 Å². The van der Waals surface area contributed by atoms with Crippen LogP contribution in [0.3, 0.4) is 0 Å². The summed E-state index contributed by atoms with van der Waals surface area (Å²) in [5.74, 6) is -0.943. The van der Waals surface area contributed by atoms with Crippen LogP contribution in [0.25, 0.3) is 10.9 Å². The van der Waals surface area contributed by atoms with Gasteiger partial charge in [-0.05, 0) is 55.4 Å². The van der Waals surface area contributed by atoms with E-state index in [0.29, 0.717) is 47.0 Å². The molecule has 196 valence electrons. The Morgan fingerprint density at radius 3 is 2.39 bits per heavy atom. The number of aromatic nitrogens is 1. The third kappa shape index (κ3) is 6.22. The highest BCUT2D eigenvalue weighted by atomic mass is 35.5. The number of nitrogens with zero attached hydrogens (tertiary/aromatic N) is 2. The van der Waals surface area contributed by atoms with Crippen LogP contribution in [0.2, 0.25) is 5.02 Å². The Balaban J connectivity index is 1.78. The number of aliphatic imine (C=N–C) groups is 1. The number of aromatic amines is 1. The fourth-order valence-electron chi connectivity index (χ4n) is 4.27. The van der Waals surface area contributed by atoms with E-state index in [1.165, 1.54) is 6.92 Å². The van der Waals surface area contributed by atoms with Crippen molar-refractivity contribution in [2.24, 2.45) is 4.99 Å². The smallest absolute Gasteiger partial charge is 0.303 e. The molecule has 0 aliphatic rings. The number of halogens is 1. The summed E-state index contributed by atoms with van der Waals surface area (Å²) in [6.45, 7) is 2.74. The molecule has 0 atom stereocenters. The van der Waals surface area contributed by atoms with Crippen molar-refractivity contribution in [1.29, 1.82) is 0 Å². The van der Waals surface area contributed by atoms with Gasteiger partial charge in [-0.1, -0.05) is 41.9 Å². The number of rotatable bonds is 10. The molecule has 0 radical (unpaired) electrons. The molecule has 0 unspecified atom stereocenters. The molecule has 3 aromatic carbocycles. The maximum Gasteiger partial charge on any atom is 0.303 e. The van der Waals surface area contributed by atoms with Crippen LogP contribution < -0.4 is 10.2 Å². The number of hydrogen-bond acceptors (Lipinski definition) is 5. The van der Waals surface area contributed by atoms with Gasteiger partial charge in [-0.25, -0.2) is 4.99 Å². The first-order chi connectivity index (χ1) is 18.3. The van der Waals surface area contributed by atoms with Gasteiger partial charge in [0.05, 0.1) is 22.5 Å². The molecule has 4 N–H and O–H groups in total. The predicted molar refractivity (Wildman–Crippen MR) is 151 cm³/mol. The zero-order valence-corrected chi connectivity index (χ0v) is 21.9. The van der Waals surface area contributed by atoms with E-state index in [4.69, 9.17) is 21.7 Å². The number of benzene rings is 3. The lowest BCUT2D eigenvalue weighted by molar-refractivity contribution is -0.137. The van der Waals surface area contributed by atoms with Gasteiger partial charge in [0.15, 0.2) is 5.88 Å². The lowest BCUT2D eigenvalue weighted by atomic mass is 9.98. The number of carbonyl (C=O) groups excluding carboxylic acids is 1. The monoisotopic (exact) mass is 532 g/mol. The second-order valence-corrected chi connectivity index (χ2v) is 9.32. The maximum absolute atomic E-state index is 12.1. The first kappa shape index (κ1) is 26.9. The number of H-pyrrole nitrogens is 1. The zero-order chi connectivity index (χ0) is 27.2. The number of nitrogens with one attached hydrogen (secondary N) is 2. The number of anilines is 1. The molecule has 4 rings (SSSR count). The van der Waals surface area contributed by atoms with Crippen LogP contribution in [0.15, 0.2) is 71.7 Å². The number of aryl methyl sites for hydroxylation is 1. The summed E-state index contributed by atoms with van der Waals surface area (Å²) in [5.41, 5.74) is 4.77. The van der Waals surface area contributed by atoms with Crippen LogP contribution >= 0.6 is 11.6 Å². The molecule has 0 spiro atoms. The number of carbonyl (C=O) groups is 2. The van der Waals surface area contributed by atoms with E-state index in [1.807, 2.05) is 61.6 Å². The third-order valence-electron chi connectivity index (χ3n) is 6.20. The minimum atomic E-state index is -0.851. The lowest BCUT2D eigenvalue weighted by Gasteiger charge is -2.21. The molecule has 0 saturated heterocycles. The summed E-state index contributed by atoms with van der Waals surface area (Å²) < 4.78 is 0. The van der Waals surface area contributed by atoms with Crippen LogP contribution in [0.5, 0.6) is 5.88 Å². The second-order valence-electron chi connectivity index (χ2n) is 8.88. The van der Waals surface area contributed by atoms with Gasteiger partial charge in [0, 0.05) is 48.1 Å². The van der Waals surface area contributed by atoms with Crippen molar-refractivity contribution in [1.82, 2.24) is 10.3 Å². The highest BCUT2D eigenvalue weighted by Crippen LogP contribution is 2.33. The Hall–Kier alpha value is -4.14. The Labute approximate surface area is 225 Å². The molecule has 0 aliphatic heterocycles. The van der Waals surface area contributed by atoms with Crippen LogP contribution in [-0.2, 0) is 16.0 Å². The van der Waals surface area contributed by atoms with Gasteiger partial charge >= 0.3 is 5.97 Å². The maximum atomic E-state index is 12.1. The number of carboxylic acids is 1. The van der Waals surface area contributed by atoms with E-state index in [1.54, 1.807) is 17.0 Å². The summed E-state index contributed by atoms with van der Waals surface area (Å²) in [4.78, 5) is 32.7. The molecule has 1 amide bonds. The van der Waals surface area contributed by atoms with Crippen LogP contribution in [-0.4, -0.2) is 52.9 Å². The third-order valence-corrected chi connectivity index (χ3v) is 6.44. The number of fused-ring (bicyclic) bond motifs is 1. The first-order valence-corrected chi connectivity index (χ1v) is 12.6. The number of hydrogen-bond donors (Lipinski definition) is 4. The summed E-state index contributed by atoms with van der Waals surface area (Å²) >= 11 is 6.16. The lowest BCUT2D eigenvalue weighted by Crippen LogP contribution is -2.34. The Morgan fingerprint density at radius 1 is 1.05 bits per heavy atom. The number of likely N-dealkylation sites (N-methyl/N-ethyl adjacent to an activating group) is 1. The van der Waals surface area contributed by atoms with Gasteiger partial charge in [0.25, 0.3) is 0 Å². The van der Waals surface area contributed by atoms with Gasteiger partial charge in [-0.2, -0.15) is 0 Å². The Bertz CT molecular complexity index is 1480. The second kappa shape index (κ2) is 11.9. The minimum Gasteiger partial charge on any atom is -0.494 e. The molecular formula is C29H29ClN4O4. The van der Waals surface area contributed by atoms with E-state index < -0.39 is 5.97 Å². The molecule has 0 fully saturated rings. The normalized spacial score (nSPS) is 11.6. The molecule has 0 aliphatic carbocycles. The van der Waals surface area contributed by atoms with Crippen molar-refractivity contribution < 1.29 is 19.8 Å². The van der Waals surface area contributed by atoms with Gasteiger partial charge < -0.3 is 25.4 Å². The van der Waals surface area contributed by atoms with E-state index >= 15 is 0 Å². The van der Waals surface area contributed by atoms with E-state index in [0.717, 1.165) is 22.2 Å². The molecule has 38 heavy (non-hydrogen) atoms. The zero-order valence-electron chi connectivity index (χ0n) is 21.2. The van der Waals surface area contributed by atoms with E-state index in [2.05, 4.69) is 10.3 Å². The number of aromatic hydroxyl groups is 1. The molecule has 9 heteroatoms. The van der Waals surface area contributed by atoms with E-state index in [9.17, 15) is 14.7 Å². The standard InChI is InChI=1S/C29H29ClN4O4/c1-18(35)34(16-15-31-2)23-11-9-22(10-12-23)32-28(20-6-3-19(4-7-20)5-14-26(36)37)27-24-13-8-21(30)17-25(24)33-29(27)38/h3-4,6-13,17,31,33,38H,5,14-16H2,1-2H3,(H,36,37). The summed E-state index contributed by atoms with van der Waals surface area (Å²) in [6, 6.07) is 20.1. The highest BCUT2D eigenvalue weighted by molar-refractivity contribution is 6.31. The average molecular weight is 533 g/mol. The van der Waals surface area contributed by atoms with Gasteiger partial charge in [0.1, 0.15) is 0 Å². The Kier molecular flexibility index (Phi) is 8.45. The molecule has 1 aromatic heterocycles. The molecule has 0 bridgehead atoms. The van der Waals surface area contributed by atoms with Crippen molar-refractivity contribution in [3.8, 4) is 5.88 Å². The molecule has 4 aromatic rings. The van der Waals surface area contributed by atoms with Gasteiger partial charge in [0.2, 0.25) is 5.91 Å². The molecule has 0 saturated carbocycles. The van der Waals surface area contributed by atoms with Crippen molar-refractivity contribution in [3.05, 3.63) is 88.4 Å². The fraction of sp³-hybridized carbons (Fsp3) is 0.207. The predicted octanol–water partition coefficient (Wildman–Crippen LogP) is 5.29. The summed E-state index contributed by atoms with van der Waals surface area (Å²) in [6.07, 6.45) is 0.461. The fourth-order valence-corrected chi connectivity index (χ4v) is 4.44. The molecule has 1 heterocycles. The summed E-state index contributed by atoms with van der Waals surface area (Å²) in [5, 5.41) is 24.2. The first-order valence-electron chi connectivity index (χ1n) is 12.2. The van der Waals surface area contributed by atoms with Crippen molar-refractivity contribution >= 4 is 51.5 Å². The van der Waals surface area contributed by atoms with Crippen molar-refractivity contribution in [2.75, 3.05) is 25.0 Å². The van der Waals surface area contributed by atoms with Crippen molar-refractivity contribution in [2.45, 2.75) is 19.8 Å². The topological polar surface area (TPSA) is 118 Å². The largest absolute Gasteiger partial charge is 0.494 e. The van der Waals surface area contributed by atoms with Gasteiger partial charge in [-0.3, -0.25) is 9.59 Å². The summed E-state index contributed by atoms with van der Waals surface area (Å²) in [7, 11) is 1.84. The minimum absolute atomic E-state index is 0.0394. The molecular weight excluding hydrogens is 504 g/mol. The molecule has 8 nitrogen and oxygen atoms in total. The van der Waals surface area contributed by atoms with E-state index in [-0.39, 0.29) is 18.2 Å². The highest BCUT2D eigenvalue weighted by Gasteiger charge is 2.19. The Morgan fingerprint density at radius 2 is 1.76 bits per heavy atom. The number of amides is 1.